The molecule has 3 rings (SSSR count). The van der Waals surface area contributed by atoms with Gasteiger partial charge < -0.3 is 5.32 Å². The minimum atomic E-state index is 0.676. The first kappa shape index (κ1) is 14.0. The summed E-state index contributed by atoms with van der Waals surface area (Å²) in [6, 6.07) is 3.54. The van der Waals surface area contributed by atoms with Crippen molar-refractivity contribution in [2.75, 3.05) is 13.1 Å². The van der Waals surface area contributed by atoms with Gasteiger partial charge in [0, 0.05) is 40.3 Å². The second kappa shape index (κ2) is 6.20. The van der Waals surface area contributed by atoms with Gasteiger partial charge in [-0.2, -0.15) is 0 Å². The maximum absolute atomic E-state index is 4.55. The zero-order valence-electron chi connectivity index (χ0n) is 10.9. The molecule has 1 aromatic rings. The lowest BCUT2D eigenvalue weighted by Crippen LogP contribution is -2.38. The Balaban J connectivity index is 1.66. The summed E-state index contributed by atoms with van der Waals surface area (Å²) >= 11 is 7.08. The summed E-state index contributed by atoms with van der Waals surface area (Å²) in [5.41, 5.74) is 1.15. The molecule has 0 bridgehead atoms. The molecule has 5 heteroatoms. The number of hydrogen-bond donors (Lipinski definition) is 1. The minimum absolute atomic E-state index is 0.676. The molecular formula is C14H19Br2N3. The van der Waals surface area contributed by atoms with Gasteiger partial charge in [-0.05, 0) is 70.2 Å². The summed E-state index contributed by atoms with van der Waals surface area (Å²) in [4.78, 5) is 7.15. The van der Waals surface area contributed by atoms with Gasteiger partial charge in [-0.1, -0.05) is 0 Å². The molecule has 1 atom stereocenters. The lowest BCUT2D eigenvalue weighted by molar-refractivity contribution is 0.228. The molecule has 0 radical (unpaired) electrons. The molecule has 19 heavy (non-hydrogen) atoms. The lowest BCUT2D eigenvalue weighted by atomic mass is 10.2. The Labute approximate surface area is 131 Å². The summed E-state index contributed by atoms with van der Waals surface area (Å²) in [7, 11) is 0. The van der Waals surface area contributed by atoms with Gasteiger partial charge in [-0.25, -0.2) is 0 Å². The van der Waals surface area contributed by atoms with Gasteiger partial charge in [0.25, 0.3) is 0 Å². The van der Waals surface area contributed by atoms with Crippen molar-refractivity contribution in [2.24, 2.45) is 0 Å². The van der Waals surface area contributed by atoms with Crippen LogP contribution in [0.25, 0.3) is 0 Å². The molecule has 1 aromatic heterocycles. The zero-order valence-corrected chi connectivity index (χ0v) is 14.1. The fraction of sp³-hybridized carbons (Fsp3) is 0.643. The molecule has 2 fully saturated rings. The average Bonchev–Trinajstić information content (AvgIpc) is 3.10. The Morgan fingerprint density at radius 1 is 1.32 bits per heavy atom. The number of nitrogens with zero attached hydrogens (tertiary/aromatic N) is 2. The van der Waals surface area contributed by atoms with Crippen molar-refractivity contribution in [3.8, 4) is 0 Å². The molecule has 0 aromatic carbocycles. The van der Waals surface area contributed by atoms with Crippen molar-refractivity contribution in [1.29, 1.82) is 0 Å². The number of pyridine rings is 1. The maximum Gasteiger partial charge on any atom is 0.0686 e. The Bertz CT molecular complexity index is 442. The Hall–Kier alpha value is 0.0300. The van der Waals surface area contributed by atoms with Crippen molar-refractivity contribution in [2.45, 2.75) is 44.3 Å². The van der Waals surface area contributed by atoms with Gasteiger partial charge in [-0.15, -0.1) is 0 Å². The number of rotatable bonds is 5. The third-order valence-electron chi connectivity index (χ3n) is 3.92. The number of nitrogens with one attached hydrogen (secondary N) is 1. The molecule has 2 aliphatic rings. The third kappa shape index (κ3) is 3.78. The van der Waals surface area contributed by atoms with Crippen LogP contribution in [-0.4, -0.2) is 35.1 Å². The van der Waals surface area contributed by atoms with E-state index in [2.05, 4.69) is 53.1 Å². The molecule has 1 N–H and O–H groups in total. The SMILES string of the molecule is Brc1cnc(CN(CC2CCCN2)C2CC2)c(Br)c1. The summed E-state index contributed by atoms with van der Waals surface area (Å²) in [5, 5.41) is 3.60. The van der Waals surface area contributed by atoms with Gasteiger partial charge in [0.1, 0.15) is 0 Å². The highest BCUT2D eigenvalue weighted by Gasteiger charge is 2.31. The smallest absolute Gasteiger partial charge is 0.0686 e. The zero-order chi connectivity index (χ0) is 13.2. The van der Waals surface area contributed by atoms with Crippen LogP contribution >= 0.6 is 31.9 Å². The number of hydrogen-bond acceptors (Lipinski definition) is 3. The minimum Gasteiger partial charge on any atom is -0.313 e. The van der Waals surface area contributed by atoms with E-state index in [1.165, 1.54) is 32.2 Å². The maximum atomic E-state index is 4.55. The van der Waals surface area contributed by atoms with Crippen LogP contribution in [0.3, 0.4) is 0 Å². The van der Waals surface area contributed by atoms with E-state index in [-0.39, 0.29) is 0 Å². The first-order valence-corrected chi connectivity index (χ1v) is 8.58. The number of halogens is 2. The normalized spacial score (nSPS) is 23.2. The largest absolute Gasteiger partial charge is 0.313 e. The van der Waals surface area contributed by atoms with Gasteiger partial charge in [0.2, 0.25) is 0 Å². The second-order valence-electron chi connectivity index (χ2n) is 5.54. The van der Waals surface area contributed by atoms with Crippen LogP contribution in [0, 0.1) is 0 Å². The van der Waals surface area contributed by atoms with Crippen LogP contribution in [0.4, 0.5) is 0 Å². The first-order valence-electron chi connectivity index (χ1n) is 7.00. The first-order chi connectivity index (χ1) is 9.22. The predicted molar refractivity (Wildman–Crippen MR) is 84.1 cm³/mol. The van der Waals surface area contributed by atoms with E-state index < -0.39 is 0 Å². The van der Waals surface area contributed by atoms with Crippen LogP contribution in [0.2, 0.25) is 0 Å². The van der Waals surface area contributed by atoms with E-state index in [0.29, 0.717) is 6.04 Å². The highest BCUT2D eigenvalue weighted by molar-refractivity contribution is 9.11. The fourth-order valence-electron chi connectivity index (χ4n) is 2.73. The van der Waals surface area contributed by atoms with E-state index in [4.69, 9.17) is 0 Å². The van der Waals surface area contributed by atoms with Crippen LogP contribution in [0.15, 0.2) is 21.2 Å². The van der Waals surface area contributed by atoms with Crippen LogP contribution in [-0.2, 0) is 6.54 Å². The van der Waals surface area contributed by atoms with E-state index in [0.717, 1.165) is 33.8 Å². The van der Waals surface area contributed by atoms with Gasteiger partial charge in [-0.3, -0.25) is 9.88 Å². The van der Waals surface area contributed by atoms with E-state index in [9.17, 15) is 0 Å². The predicted octanol–water partition coefficient (Wildman–Crippen LogP) is 3.32. The molecule has 1 aliphatic carbocycles. The van der Waals surface area contributed by atoms with E-state index >= 15 is 0 Å². The Kier molecular flexibility index (Phi) is 4.57. The van der Waals surface area contributed by atoms with Gasteiger partial charge >= 0.3 is 0 Å². The molecule has 1 saturated heterocycles. The standard InChI is InChI=1S/C14H19Br2N3/c15-10-6-13(16)14(18-7-10)9-19(12-3-4-12)8-11-2-1-5-17-11/h6-7,11-12,17H,1-5,8-9H2. The molecular weight excluding hydrogens is 370 g/mol. The molecule has 1 unspecified atom stereocenters. The molecule has 1 aliphatic heterocycles. The van der Waals surface area contributed by atoms with Crippen molar-refractivity contribution in [1.82, 2.24) is 15.2 Å². The van der Waals surface area contributed by atoms with E-state index in [1.807, 2.05) is 6.20 Å². The highest BCUT2D eigenvalue weighted by atomic mass is 79.9. The summed E-state index contributed by atoms with van der Waals surface area (Å²) < 4.78 is 2.13. The quantitative estimate of drug-likeness (QED) is 0.838. The van der Waals surface area contributed by atoms with Gasteiger partial charge in [0.05, 0.1) is 5.69 Å². The molecule has 0 amide bonds. The molecule has 1 saturated carbocycles. The molecule has 0 spiro atoms. The van der Waals surface area contributed by atoms with Crippen molar-refractivity contribution >= 4 is 31.9 Å². The van der Waals surface area contributed by atoms with Crippen LogP contribution in [0.1, 0.15) is 31.4 Å². The van der Waals surface area contributed by atoms with Crippen molar-refractivity contribution < 1.29 is 0 Å². The lowest BCUT2D eigenvalue weighted by Gasteiger charge is -2.25. The number of aromatic nitrogens is 1. The fourth-order valence-corrected chi connectivity index (χ4v) is 3.84. The Morgan fingerprint density at radius 3 is 2.79 bits per heavy atom. The summed E-state index contributed by atoms with van der Waals surface area (Å²) in [6.45, 7) is 3.30. The average molecular weight is 389 g/mol. The second-order valence-corrected chi connectivity index (χ2v) is 7.31. The monoisotopic (exact) mass is 387 g/mol. The molecule has 104 valence electrons. The molecule has 2 heterocycles. The summed E-state index contributed by atoms with van der Waals surface area (Å²) in [5.74, 6) is 0. The van der Waals surface area contributed by atoms with Crippen molar-refractivity contribution in [3.05, 3.63) is 26.9 Å². The van der Waals surface area contributed by atoms with Crippen LogP contribution < -0.4 is 5.32 Å². The summed E-state index contributed by atoms with van der Waals surface area (Å²) in [6.07, 6.45) is 7.22. The molecule has 3 nitrogen and oxygen atoms in total. The highest BCUT2D eigenvalue weighted by Crippen LogP contribution is 2.30. The van der Waals surface area contributed by atoms with Crippen molar-refractivity contribution in [3.63, 3.8) is 0 Å². The van der Waals surface area contributed by atoms with E-state index in [1.54, 1.807) is 0 Å². The van der Waals surface area contributed by atoms with Gasteiger partial charge in [0.15, 0.2) is 0 Å². The van der Waals surface area contributed by atoms with Crippen LogP contribution in [0.5, 0.6) is 0 Å². The third-order valence-corrected chi connectivity index (χ3v) is 5.04. The Morgan fingerprint density at radius 2 is 2.16 bits per heavy atom. The topological polar surface area (TPSA) is 28.2 Å².